The summed E-state index contributed by atoms with van der Waals surface area (Å²) in [6, 6.07) is 8.76. The molecule has 0 bridgehead atoms. The molecule has 0 aromatic heterocycles. The minimum Gasteiger partial charge on any atom is -0.330 e. The average molecular weight is 205 g/mol. The van der Waals surface area contributed by atoms with E-state index in [-0.39, 0.29) is 5.41 Å². The average Bonchev–Trinajstić information content (AvgIpc) is 2.17. The minimum absolute atomic E-state index is 0.249. The fourth-order valence-electron chi connectivity index (χ4n) is 1.93. The summed E-state index contributed by atoms with van der Waals surface area (Å²) in [5, 5.41) is 0. The Bertz CT molecular complexity index is 296. The van der Waals surface area contributed by atoms with Crippen molar-refractivity contribution in [3.8, 4) is 0 Å². The molecular formula is C14H23N. The Morgan fingerprint density at radius 2 is 1.73 bits per heavy atom. The summed E-state index contributed by atoms with van der Waals surface area (Å²) in [4.78, 5) is 0. The molecule has 2 N–H and O–H groups in total. The number of nitrogens with two attached hydrogens (primary N) is 1. The lowest BCUT2D eigenvalue weighted by atomic mass is 9.82. The Labute approximate surface area is 93.7 Å². The highest BCUT2D eigenvalue weighted by Crippen LogP contribution is 2.26. The first kappa shape index (κ1) is 12.3. The highest BCUT2D eigenvalue weighted by atomic mass is 14.5. The molecule has 1 heteroatoms. The monoisotopic (exact) mass is 205 g/mol. The van der Waals surface area contributed by atoms with Crippen molar-refractivity contribution in [2.24, 2.45) is 5.73 Å². The van der Waals surface area contributed by atoms with Gasteiger partial charge >= 0.3 is 0 Å². The molecule has 0 aliphatic heterocycles. The number of benzene rings is 1. The number of rotatable bonds is 4. The summed E-state index contributed by atoms with van der Waals surface area (Å²) in [6.07, 6.45) is 3.48. The molecular weight excluding hydrogens is 182 g/mol. The van der Waals surface area contributed by atoms with Crippen LogP contribution in [0.25, 0.3) is 0 Å². The first-order valence-corrected chi connectivity index (χ1v) is 5.84. The number of hydrogen-bond acceptors (Lipinski definition) is 1. The minimum atomic E-state index is 0.249. The molecule has 0 aliphatic carbocycles. The third-order valence-electron chi connectivity index (χ3n) is 2.73. The van der Waals surface area contributed by atoms with E-state index in [2.05, 4.69) is 45.0 Å². The van der Waals surface area contributed by atoms with E-state index in [0.717, 1.165) is 19.4 Å². The van der Waals surface area contributed by atoms with Gasteiger partial charge in [0.2, 0.25) is 0 Å². The van der Waals surface area contributed by atoms with E-state index in [0.29, 0.717) is 0 Å². The fraction of sp³-hybridized carbons (Fsp3) is 0.571. The van der Waals surface area contributed by atoms with Crippen molar-refractivity contribution in [2.45, 2.75) is 45.4 Å². The molecule has 0 saturated heterocycles. The third kappa shape index (κ3) is 3.67. The largest absolute Gasteiger partial charge is 0.330 e. The molecule has 1 aromatic rings. The lowest BCUT2D eigenvalue weighted by Crippen LogP contribution is -2.14. The normalized spacial score (nSPS) is 11.7. The quantitative estimate of drug-likeness (QED) is 0.750. The Morgan fingerprint density at radius 1 is 1.07 bits per heavy atom. The Kier molecular flexibility index (Phi) is 4.34. The highest BCUT2D eigenvalue weighted by Gasteiger charge is 2.16. The lowest BCUT2D eigenvalue weighted by Gasteiger charge is -2.22. The van der Waals surface area contributed by atoms with E-state index in [1.165, 1.54) is 17.5 Å². The molecule has 0 unspecified atom stereocenters. The van der Waals surface area contributed by atoms with Gasteiger partial charge in [-0.1, -0.05) is 45.0 Å². The van der Waals surface area contributed by atoms with E-state index in [1.807, 2.05) is 0 Å². The van der Waals surface area contributed by atoms with Gasteiger partial charge in [0, 0.05) is 0 Å². The second kappa shape index (κ2) is 5.32. The van der Waals surface area contributed by atoms with Crippen molar-refractivity contribution in [2.75, 3.05) is 6.54 Å². The maximum Gasteiger partial charge on any atom is -0.00772 e. The van der Waals surface area contributed by atoms with Crippen molar-refractivity contribution < 1.29 is 0 Å². The van der Waals surface area contributed by atoms with Gasteiger partial charge < -0.3 is 5.73 Å². The Hall–Kier alpha value is -0.820. The SMILES string of the molecule is CC(C)(C)c1ccccc1CCCCN. The van der Waals surface area contributed by atoms with Gasteiger partial charge in [-0.25, -0.2) is 0 Å². The van der Waals surface area contributed by atoms with Crippen LogP contribution in [0.4, 0.5) is 0 Å². The van der Waals surface area contributed by atoms with Gasteiger partial charge in [0.05, 0.1) is 0 Å². The highest BCUT2D eigenvalue weighted by molar-refractivity contribution is 5.32. The predicted molar refractivity (Wildman–Crippen MR) is 67.1 cm³/mol. The van der Waals surface area contributed by atoms with E-state index >= 15 is 0 Å². The van der Waals surface area contributed by atoms with Gasteiger partial charge in [-0.15, -0.1) is 0 Å². The van der Waals surface area contributed by atoms with Gasteiger partial charge in [-0.05, 0) is 42.3 Å². The van der Waals surface area contributed by atoms with Crippen LogP contribution in [0, 0.1) is 0 Å². The first-order chi connectivity index (χ1) is 7.05. The van der Waals surface area contributed by atoms with Gasteiger partial charge in [-0.2, -0.15) is 0 Å². The molecule has 0 atom stereocenters. The van der Waals surface area contributed by atoms with Crippen molar-refractivity contribution in [3.63, 3.8) is 0 Å². The van der Waals surface area contributed by atoms with Crippen molar-refractivity contribution >= 4 is 0 Å². The summed E-state index contributed by atoms with van der Waals surface area (Å²) in [6.45, 7) is 7.62. The zero-order chi connectivity index (χ0) is 11.3. The van der Waals surface area contributed by atoms with Crippen LogP contribution in [0.1, 0.15) is 44.7 Å². The zero-order valence-electron chi connectivity index (χ0n) is 10.2. The second-order valence-corrected chi connectivity index (χ2v) is 5.15. The smallest absolute Gasteiger partial charge is 0.00772 e. The summed E-state index contributed by atoms with van der Waals surface area (Å²) in [5.74, 6) is 0. The summed E-state index contributed by atoms with van der Waals surface area (Å²) in [7, 11) is 0. The van der Waals surface area contributed by atoms with Crippen molar-refractivity contribution in [3.05, 3.63) is 35.4 Å². The molecule has 1 nitrogen and oxygen atoms in total. The second-order valence-electron chi connectivity index (χ2n) is 5.15. The number of aryl methyl sites for hydroxylation is 1. The molecule has 0 fully saturated rings. The maximum absolute atomic E-state index is 5.52. The van der Waals surface area contributed by atoms with Crippen LogP contribution in [0.2, 0.25) is 0 Å². The summed E-state index contributed by atoms with van der Waals surface area (Å²) in [5.41, 5.74) is 8.72. The van der Waals surface area contributed by atoms with Crippen LogP contribution in [-0.2, 0) is 11.8 Å². The lowest BCUT2D eigenvalue weighted by molar-refractivity contribution is 0.579. The molecule has 0 heterocycles. The molecule has 0 radical (unpaired) electrons. The molecule has 0 spiro atoms. The van der Waals surface area contributed by atoms with E-state index in [9.17, 15) is 0 Å². The van der Waals surface area contributed by atoms with E-state index in [1.54, 1.807) is 0 Å². The maximum atomic E-state index is 5.52. The van der Waals surface area contributed by atoms with Crippen molar-refractivity contribution in [1.29, 1.82) is 0 Å². The van der Waals surface area contributed by atoms with Gasteiger partial charge in [0.15, 0.2) is 0 Å². The Balaban J connectivity index is 2.78. The van der Waals surface area contributed by atoms with Crippen LogP contribution in [0.5, 0.6) is 0 Å². The third-order valence-corrected chi connectivity index (χ3v) is 2.73. The zero-order valence-corrected chi connectivity index (χ0v) is 10.2. The molecule has 1 rings (SSSR count). The number of hydrogen-bond donors (Lipinski definition) is 1. The van der Waals surface area contributed by atoms with Crippen LogP contribution in [0.3, 0.4) is 0 Å². The summed E-state index contributed by atoms with van der Waals surface area (Å²) >= 11 is 0. The van der Waals surface area contributed by atoms with Gasteiger partial charge in [-0.3, -0.25) is 0 Å². The molecule has 84 valence electrons. The number of unbranched alkanes of at least 4 members (excludes halogenated alkanes) is 1. The van der Waals surface area contributed by atoms with Gasteiger partial charge in [0.25, 0.3) is 0 Å². The van der Waals surface area contributed by atoms with Crippen LogP contribution < -0.4 is 5.73 Å². The van der Waals surface area contributed by atoms with Crippen LogP contribution in [-0.4, -0.2) is 6.54 Å². The van der Waals surface area contributed by atoms with Gasteiger partial charge in [0.1, 0.15) is 0 Å². The Morgan fingerprint density at radius 3 is 2.33 bits per heavy atom. The first-order valence-electron chi connectivity index (χ1n) is 5.84. The molecule has 1 aromatic carbocycles. The van der Waals surface area contributed by atoms with E-state index < -0.39 is 0 Å². The predicted octanol–water partition coefficient (Wildman–Crippen LogP) is 3.27. The molecule has 0 saturated carbocycles. The van der Waals surface area contributed by atoms with Crippen molar-refractivity contribution in [1.82, 2.24) is 0 Å². The topological polar surface area (TPSA) is 26.0 Å². The summed E-state index contributed by atoms with van der Waals surface area (Å²) < 4.78 is 0. The molecule has 15 heavy (non-hydrogen) atoms. The molecule has 0 aliphatic rings. The van der Waals surface area contributed by atoms with E-state index in [4.69, 9.17) is 5.73 Å². The van der Waals surface area contributed by atoms with Crippen LogP contribution in [0.15, 0.2) is 24.3 Å². The molecule has 0 amide bonds. The standard InChI is InChI=1S/C14H23N/c1-14(2,3)13-10-5-4-8-12(13)9-6-7-11-15/h4-5,8,10H,6-7,9,11,15H2,1-3H3. The van der Waals surface area contributed by atoms with Crippen LogP contribution >= 0.6 is 0 Å². The fourth-order valence-corrected chi connectivity index (χ4v) is 1.93.